The Bertz CT molecular complexity index is 404. The Morgan fingerprint density at radius 1 is 1.37 bits per heavy atom. The van der Waals surface area contributed by atoms with Crippen molar-refractivity contribution in [2.75, 3.05) is 18.4 Å². The molecule has 0 aliphatic carbocycles. The lowest BCUT2D eigenvalue weighted by atomic mass is 10.2. The molecule has 0 saturated carbocycles. The first kappa shape index (κ1) is 15.5. The minimum atomic E-state index is 0.0170. The summed E-state index contributed by atoms with van der Waals surface area (Å²) < 4.78 is 0. The maximum Gasteiger partial charge on any atom is 0.272 e. The molecule has 0 spiro atoms. The average Bonchev–Trinajstić information content (AvgIpc) is 2.39. The molecule has 0 atom stereocenters. The van der Waals surface area contributed by atoms with E-state index in [-0.39, 0.29) is 5.91 Å². The van der Waals surface area contributed by atoms with Crippen LogP contribution in [0.15, 0.2) is 18.2 Å². The molecule has 0 fully saturated rings. The van der Waals surface area contributed by atoms with Crippen LogP contribution in [0.2, 0.25) is 0 Å². The number of hydrogen-bond acceptors (Lipinski definition) is 3. The smallest absolute Gasteiger partial charge is 0.272 e. The van der Waals surface area contributed by atoms with Crippen molar-refractivity contribution in [3.8, 4) is 0 Å². The van der Waals surface area contributed by atoms with E-state index in [1.165, 1.54) is 0 Å². The Morgan fingerprint density at radius 3 is 2.68 bits per heavy atom. The Morgan fingerprint density at radius 2 is 2.11 bits per heavy atom. The van der Waals surface area contributed by atoms with Crippen LogP contribution in [-0.4, -0.2) is 34.9 Å². The summed E-state index contributed by atoms with van der Waals surface area (Å²) in [6, 6.07) is 5.85. The predicted molar refractivity (Wildman–Crippen MR) is 79.5 cm³/mol. The number of amides is 1. The second-order valence-electron chi connectivity index (χ2n) is 4.95. The van der Waals surface area contributed by atoms with E-state index in [0.717, 1.165) is 31.7 Å². The highest BCUT2D eigenvalue weighted by molar-refractivity contribution is 5.92. The van der Waals surface area contributed by atoms with E-state index in [2.05, 4.69) is 31.1 Å². The number of unbranched alkanes of at least 4 members (excludes halogenated alkanes) is 1. The first-order valence-electron chi connectivity index (χ1n) is 7.11. The summed E-state index contributed by atoms with van der Waals surface area (Å²) in [5.74, 6) is 0.774. The van der Waals surface area contributed by atoms with Gasteiger partial charge in [-0.05, 0) is 39.3 Å². The maximum atomic E-state index is 12.4. The molecule has 1 heterocycles. The van der Waals surface area contributed by atoms with E-state index in [0.29, 0.717) is 11.7 Å². The van der Waals surface area contributed by atoms with Crippen LogP contribution in [0.25, 0.3) is 0 Å². The monoisotopic (exact) mass is 263 g/mol. The van der Waals surface area contributed by atoms with Gasteiger partial charge in [0.25, 0.3) is 5.91 Å². The van der Waals surface area contributed by atoms with E-state index in [9.17, 15) is 4.79 Å². The van der Waals surface area contributed by atoms with E-state index < -0.39 is 0 Å². The first-order valence-corrected chi connectivity index (χ1v) is 7.11. The summed E-state index contributed by atoms with van der Waals surface area (Å²) in [6.07, 6.45) is 2.12. The zero-order valence-corrected chi connectivity index (χ0v) is 12.4. The van der Waals surface area contributed by atoms with Crippen LogP contribution in [-0.2, 0) is 0 Å². The molecule has 1 aromatic heterocycles. The van der Waals surface area contributed by atoms with Crippen LogP contribution in [0.4, 0.5) is 5.82 Å². The van der Waals surface area contributed by atoms with Gasteiger partial charge in [-0.25, -0.2) is 4.98 Å². The third-order valence-corrected chi connectivity index (χ3v) is 2.86. The van der Waals surface area contributed by atoms with Gasteiger partial charge in [0.15, 0.2) is 0 Å². The first-order chi connectivity index (χ1) is 9.08. The molecule has 0 saturated heterocycles. The standard InChI is InChI=1S/C15H25N3O/c1-5-7-11-18(6-2)15(19)13-9-8-10-14(17-13)16-12(3)4/h8-10,12H,5-7,11H2,1-4H3,(H,16,17). The lowest BCUT2D eigenvalue weighted by Gasteiger charge is -2.20. The fraction of sp³-hybridized carbons (Fsp3) is 0.600. The lowest BCUT2D eigenvalue weighted by molar-refractivity contribution is 0.0756. The highest BCUT2D eigenvalue weighted by atomic mass is 16.2. The van der Waals surface area contributed by atoms with Crippen LogP contribution >= 0.6 is 0 Å². The third kappa shape index (κ3) is 4.89. The normalized spacial score (nSPS) is 10.6. The predicted octanol–water partition coefficient (Wildman–Crippen LogP) is 3.16. The minimum absolute atomic E-state index is 0.0170. The molecule has 1 aromatic rings. The average molecular weight is 263 g/mol. The van der Waals surface area contributed by atoms with Crippen LogP contribution < -0.4 is 5.32 Å². The second-order valence-corrected chi connectivity index (χ2v) is 4.95. The van der Waals surface area contributed by atoms with Gasteiger partial charge in [0.1, 0.15) is 11.5 Å². The van der Waals surface area contributed by atoms with Gasteiger partial charge >= 0.3 is 0 Å². The number of carbonyl (C=O) groups is 1. The van der Waals surface area contributed by atoms with Gasteiger partial charge in [0.05, 0.1) is 0 Å². The number of anilines is 1. The SMILES string of the molecule is CCCCN(CC)C(=O)c1cccc(NC(C)C)n1. The van der Waals surface area contributed by atoms with Crippen molar-refractivity contribution >= 4 is 11.7 Å². The van der Waals surface area contributed by atoms with Crippen molar-refractivity contribution in [2.45, 2.75) is 46.6 Å². The van der Waals surface area contributed by atoms with Crippen molar-refractivity contribution in [3.05, 3.63) is 23.9 Å². The molecule has 19 heavy (non-hydrogen) atoms. The lowest BCUT2D eigenvalue weighted by Crippen LogP contribution is -2.32. The van der Waals surface area contributed by atoms with Gasteiger partial charge in [-0.3, -0.25) is 4.79 Å². The van der Waals surface area contributed by atoms with Gasteiger partial charge in [-0.2, -0.15) is 0 Å². The molecular weight excluding hydrogens is 238 g/mol. The quantitative estimate of drug-likeness (QED) is 0.822. The van der Waals surface area contributed by atoms with Crippen LogP contribution in [0.5, 0.6) is 0 Å². The molecule has 0 unspecified atom stereocenters. The molecule has 4 heteroatoms. The van der Waals surface area contributed by atoms with Crippen LogP contribution in [0.1, 0.15) is 51.0 Å². The van der Waals surface area contributed by atoms with E-state index in [1.54, 1.807) is 6.07 Å². The molecule has 0 radical (unpaired) electrons. The van der Waals surface area contributed by atoms with Gasteiger partial charge in [-0.1, -0.05) is 19.4 Å². The molecule has 0 aliphatic heterocycles. The fourth-order valence-electron chi connectivity index (χ4n) is 1.84. The van der Waals surface area contributed by atoms with Crippen molar-refractivity contribution in [2.24, 2.45) is 0 Å². The summed E-state index contributed by atoms with van der Waals surface area (Å²) in [4.78, 5) is 18.6. The number of pyridine rings is 1. The second kappa shape index (κ2) is 7.77. The maximum absolute atomic E-state index is 12.4. The molecule has 0 aromatic carbocycles. The van der Waals surface area contributed by atoms with Gasteiger partial charge in [-0.15, -0.1) is 0 Å². The van der Waals surface area contributed by atoms with Crippen LogP contribution in [0, 0.1) is 0 Å². The zero-order chi connectivity index (χ0) is 14.3. The number of hydrogen-bond donors (Lipinski definition) is 1. The summed E-state index contributed by atoms with van der Waals surface area (Å²) in [5, 5.41) is 3.22. The van der Waals surface area contributed by atoms with Crippen molar-refractivity contribution in [3.63, 3.8) is 0 Å². The largest absolute Gasteiger partial charge is 0.368 e. The molecule has 1 N–H and O–H groups in total. The zero-order valence-electron chi connectivity index (χ0n) is 12.4. The summed E-state index contributed by atoms with van der Waals surface area (Å²) in [5.41, 5.74) is 0.517. The molecule has 0 aliphatic rings. The molecule has 0 bridgehead atoms. The number of nitrogens with one attached hydrogen (secondary N) is 1. The van der Waals surface area contributed by atoms with Gasteiger partial charge < -0.3 is 10.2 Å². The van der Waals surface area contributed by atoms with E-state index in [1.807, 2.05) is 24.0 Å². The molecule has 106 valence electrons. The number of carbonyl (C=O) groups excluding carboxylic acids is 1. The Balaban J connectivity index is 2.79. The molecule has 4 nitrogen and oxygen atoms in total. The van der Waals surface area contributed by atoms with Crippen molar-refractivity contribution in [1.29, 1.82) is 0 Å². The summed E-state index contributed by atoms with van der Waals surface area (Å²) in [6.45, 7) is 9.76. The van der Waals surface area contributed by atoms with E-state index >= 15 is 0 Å². The topological polar surface area (TPSA) is 45.2 Å². The third-order valence-electron chi connectivity index (χ3n) is 2.86. The van der Waals surface area contributed by atoms with Gasteiger partial charge in [0.2, 0.25) is 0 Å². The highest BCUT2D eigenvalue weighted by Gasteiger charge is 2.15. The number of aromatic nitrogens is 1. The minimum Gasteiger partial charge on any atom is -0.368 e. The Labute approximate surface area is 116 Å². The Hall–Kier alpha value is -1.58. The van der Waals surface area contributed by atoms with Gasteiger partial charge in [0, 0.05) is 19.1 Å². The number of nitrogens with zero attached hydrogens (tertiary/aromatic N) is 2. The molecule has 1 amide bonds. The summed E-state index contributed by atoms with van der Waals surface area (Å²) >= 11 is 0. The Kier molecular flexibility index (Phi) is 6.33. The van der Waals surface area contributed by atoms with E-state index in [4.69, 9.17) is 0 Å². The molecular formula is C15H25N3O. The molecule has 1 rings (SSSR count). The van der Waals surface area contributed by atoms with Crippen molar-refractivity contribution in [1.82, 2.24) is 9.88 Å². The van der Waals surface area contributed by atoms with Crippen molar-refractivity contribution < 1.29 is 4.79 Å². The fourth-order valence-corrected chi connectivity index (χ4v) is 1.84. The van der Waals surface area contributed by atoms with Crippen LogP contribution in [0.3, 0.4) is 0 Å². The number of rotatable bonds is 7. The summed E-state index contributed by atoms with van der Waals surface area (Å²) in [7, 11) is 0. The highest BCUT2D eigenvalue weighted by Crippen LogP contribution is 2.09.